The van der Waals surface area contributed by atoms with Crippen LogP contribution in [0, 0.1) is 0 Å². The van der Waals surface area contributed by atoms with Crippen LogP contribution >= 0.6 is 23.2 Å². The van der Waals surface area contributed by atoms with Gasteiger partial charge in [-0.3, -0.25) is 14.2 Å². The Morgan fingerprint density at radius 3 is 2.50 bits per heavy atom. The minimum absolute atomic E-state index is 0.0105. The zero-order valence-corrected chi connectivity index (χ0v) is 16.5. The van der Waals surface area contributed by atoms with Crippen molar-refractivity contribution in [2.24, 2.45) is 0 Å². The van der Waals surface area contributed by atoms with Gasteiger partial charge >= 0.3 is 0 Å². The quantitative estimate of drug-likeness (QED) is 0.658. The van der Waals surface area contributed by atoms with Crippen LogP contribution in [-0.4, -0.2) is 46.5 Å². The Balaban J connectivity index is 1.42. The summed E-state index contributed by atoms with van der Waals surface area (Å²) in [4.78, 5) is 33.4. The van der Waals surface area contributed by atoms with Crippen molar-refractivity contribution in [3.8, 4) is 0 Å². The van der Waals surface area contributed by atoms with Crippen molar-refractivity contribution in [1.29, 1.82) is 0 Å². The number of hydrogen-bond donors (Lipinski definition) is 0. The van der Waals surface area contributed by atoms with Crippen LogP contribution in [0.4, 0.5) is 5.69 Å². The lowest BCUT2D eigenvalue weighted by molar-refractivity contribution is -0.132. The predicted molar refractivity (Wildman–Crippen MR) is 111 cm³/mol. The molecule has 0 bridgehead atoms. The van der Waals surface area contributed by atoms with Gasteiger partial charge in [0, 0.05) is 31.9 Å². The van der Waals surface area contributed by atoms with Gasteiger partial charge in [0.25, 0.3) is 5.56 Å². The molecule has 1 saturated heterocycles. The number of piperazine rings is 1. The van der Waals surface area contributed by atoms with Crippen LogP contribution in [0.5, 0.6) is 0 Å². The molecule has 6 nitrogen and oxygen atoms in total. The number of rotatable bonds is 3. The number of halogens is 2. The van der Waals surface area contributed by atoms with Gasteiger partial charge in [0.05, 0.1) is 27.3 Å². The van der Waals surface area contributed by atoms with Crippen molar-refractivity contribution < 1.29 is 4.79 Å². The third-order valence-electron chi connectivity index (χ3n) is 4.94. The van der Waals surface area contributed by atoms with E-state index in [-0.39, 0.29) is 18.0 Å². The van der Waals surface area contributed by atoms with Crippen molar-refractivity contribution in [3.63, 3.8) is 0 Å². The van der Waals surface area contributed by atoms with Crippen LogP contribution < -0.4 is 10.5 Å². The van der Waals surface area contributed by atoms with Crippen molar-refractivity contribution in [1.82, 2.24) is 14.5 Å². The van der Waals surface area contributed by atoms with Gasteiger partial charge in [0.1, 0.15) is 6.54 Å². The molecule has 0 spiro atoms. The van der Waals surface area contributed by atoms with Crippen molar-refractivity contribution in [2.75, 3.05) is 31.1 Å². The number of carbonyl (C=O) groups is 1. The van der Waals surface area contributed by atoms with Gasteiger partial charge in [0.2, 0.25) is 5.91 Å². The van der Waals surface area contributed by atoms with E-state index in [1.165, 1.54) is 10.9 Å². The van der Waals surface area contributed by atoms with E-state index in [9.17, 15) is 9.59 Å². The highest BCUT2D eigenvalue weighted by atomic mass is 35.5. The number of para-hydroxylation sites is 1. The summed E-state index contributed by atoms with van der Waals surface area (Å²) < 4.78 is 1.37. The molecule has 0 unspecified atom stereocenters. The number of hydrogen-bond acceptors (Lipinski definition) is 4. The van der Waals surface area contributed by atoms with Crippen LogP contribution in [0.3, 0.4) is 0 Å². The fourth-order valence-corrected chi connectivity index (χ4v) is 3.65. The highest BCUT2D eigenvalue weighted by molar-refractivity contribution is 6.42. The lowest BCUT2D eigenvalue weighted by atomic mass is 10.2. The maximum atomic E-state index is 12.7. The molecule has 1 fully saturated rings. The highest BCUT2D eigenvalue weighted by Crippen LogP contribution is 2.27. The predicted octanol–water partition coefficient (Wildman–Crippen LogP) is 3.05. The normalized spacial score (nSPS) is 14.5. The summed E-state index contributed by atoms with van der Waals surface area (Å²) in [5.74, 6) is -0.0898. The SMILES string of the molecule is O=C(Cn1cnc2ccccc2c1=O)N1CCN(c2ccc(Cl)c(Cl)c2)CC1. The van der Waals surface area contributed by atoms with E-state index in [1.807, 2.05) is 18.2 Å². The molecule has 8 heteroatoms. The molecule has 144 valence electrons. The molecule has 1 aliphatic heterocycles. The number of aromatic nitrogens is 2. The highest BCUT2D eigenvalue weighted by Gasteiger charge is 2.22. The molecule has 3 aromatic rings. The van der Waals surface area contributed by atoms with Gasteiger partial charge in [-0.2, -0.15) is 0 Å². The Morgan fingerprint density at radius 1 is 1.00 bits per heavy atom. The molecular weight excluding hydrogens is 399 g/mol. The molecule has 0 radical (unpaired) electrons. The molecule has 0 atom stereocenters. The summed E-state index contributed by atoms with van der Waals surface area (Å²) in [6.07, 6.45) is 1.44. The van der Waals surface area contributed by atoms with Gasteiger partial charge < -0.3 is 9.80 Å². The lowest BCUT2D eigenvalue weighted by Crippen LogP contribution is -2.50. The summed E-state index contributed by atoms with van der Waals surface area (Å²) in [5.41, 5.74) is 1.41. The van der Waals surface area contributed by atoms with Gasteiger partial charge in [-0.1, -0.05) is 35.3 Å². The summed E-state index contributed by atoms with van der Waals surface area (Å²) in [5, 5.41) is 1.55. The van der Waals surface area contributed by atoms with Crippen molar-refractivity contribution >= 4 is 45.7 Å². The van der Waals surface area contributed by atoms with E-state index in [4.69, 9.17) is 23.2 Å². The van der Waals surface area contributed by atoms with Crippen molar-refractivity contribution in [3.05, 3.63) is 69.2 Å². The summed E-state index contributed by atoms with van der Waals surface area (Å²) >= 11 is 12.1. The van der Waals surface area contributed by atoms with E-state index in [0.29, 0.717) is 47.1 Å². The number of fused-ring (bicyclic) bond motifs is 1. The van der Waals surface area contributed by atoms with Crippen LogP contribution in [0.1, 0.15) is 0 Å². The number of amides is 1. The van der Waals surface area contributed by atoms with Gasteiger partial charge in [0.15, 0.2) is 0 Å². The van der Waals surface area contributed by atoms with E-state index in [2.05, 4.69) is 9.88 Å². The fourth-order valence-electron chi connectivity index (χ4n) is 3.36. The standard InChI is InChI=1S/C20H18Cl2N4O2/c21-16-6-5-14(11-17(16)22)24-7-9-25(10-8-24)19(27)12-26-13-23-18-4-2-1-3-15(18)20(26)28/h1-6,11,13H,7-10,12H2. The first-order chi connectivity index (χ1) is 13.5. The molecule has 0 aliphatic carbocycles. The third kappa shape index (κ3) is 3.70. The van der Waals surface area contributed by atoms with Crippen LogP contribution in [-0.2, 0) is 11.3 Å². The molecule has 4 rings (SSSR count). The second-order valence-electron chi connectivity index (χ2n) is 6.66. The smallest absolute Gasteiger partial charge is 0.261 e. The van der Waals surface area contributed by atoms with Crippen LogP contribution in [0.25, 0.3) is 10.9 Å². The molecule has 2 heterocycles. The molecule has 2 aromatic carbocycles. The first-order valence-electron chi connectivity index (χ1n) is 8.95. The Bertz CT molecular complexity index is 1090. The molecule has 0 saturated carbocycles. The van der Waals surface area contributed by atoms with E-state index in [0.717, 1.165) is 5.69 Å². The monoisotopic (exact) mass is 416 g/mol. The average molecular weight is 417 g/mol. The number of nitrogens with zero attached hydrogens (tertiary/aromatic N) is 4. The van der Waals surface area contributed by atoms with E-state index in [1.54, 1.807) is 29.2 Å². The Kier molecular flexibility index (Phi) is 5.24. The number of carbonyl (C=O) groups excluding carboxylic acids is 1. The third-order valence-corrected chi connectivity index (χ3v) is 5.68. The summed E-state index contributed by atoms with van der Waals surface area (Å²) in [6, 6.07) is 12.7. The fraction of sp³-hybridized carbons (Fsp3) is 0.250. The summed E-state index contributed by atoms with van der Waals surface area (Å²) in [6.45, 7) is 2.52. The largest absolute Gasteiger partial charge is 0.368 e. The van der Waals surface area contributed by atoms with E-state index >= 15 is 0 Å². The molecular formula is C20H18Cl2N4O2. The molecule has 1 aromatic heterocycles. The first kappa shape index (κ1) is 18.8. The Labute approximate surface area is 171 Å². The van der Waals surface area contributed by atoms with Crippen LogP contribution in [0.15, 0.2) is 53.6 Å². The molecule has 1 aliphatic rings. The summed E-state index contributed by atoms with van der Waals surface area (Å²) in [7, 11) is 0. The van der Waals surface area contributed by atoms with Crippen LogP contribution in [0.2, 0.25) is 10.0 Å². The molecule has 1 amide bonds. The zero-order chi connectivity index (χ0) is 19.7. The molecule has 28 heavy (non-hydrogen) atoms. The lowest BCUT2D eigenvalue weighted by Gasteiger charge is -2.36. The first-order valence-corrected chi connectivity index (χ1v) is 9.70. The Hall–Kier alpha value is -2.57. The van der Waals surface area contributed by atoms with Crippen molar-refractivity contribution in [2.45, 2.75) is 6.54 Å². The van der Waals surface area contributed by atoms with Gasteiger partial charge in [-0.25, -0.2) is 4.98 Å². The zero-order valence-electron chi connectivity index (χ0n) is 15.0. The van der Waals surface area contributed by atoms with E-state index < -0.39 is 0 Å². The minimum atomic E-state index is -0.201. The number of benzene rings is 2. The molecule has 0 N–H and O–H groups in total. The topological polar surface area (TPSA) is 58.4 Å². The van der Waals surface area contributed by atoms with Gasteiger partial charge in [-0.15, -0.1) is 0 Å². The second kappa shape index (κ2) is 7.81. The minimum Gasteiger partial charge on any atom is -0.368 e. The second-order valence-corrected chi connectivity index (χ2v) is 7.48. The van der Waals surface area contributed by atoms with Gasteiger partial charge in [-0.05, 0) is 30.3 Å². The Morgan fingerprint density at radius 2 is 1.75 bits per heavy atom. The number of anilines is 1. The average Bonchev–Trinajstić information content (AvgIpc) is 2.72. The maximum absolute atomic E-state index is 12.7. The maximum Gasteiger partial charge on any atom is 0.261 e.